The van der Waals surface area contributed by atoms with Crippen LogP contribution in [0.1, 0.15) is 5.56 Å². The normalized spacial score (nSPS) is 17.5. The van der Waals surface area contributed by atoms with E-state index in [0.29, 0.717) is 27.8 Å². The van der Waals surface area contributed by atoms with E-state index in [9.17, 15) is 9.59 Å². The van der Waals surface area contributed by atoms with Gasteiger partial charge in [0.15, 0.2) is 11.5 Å². The maximum atomic E-state index is 12.7. The number of fused-ring (bicyclic) bond motifs is 1. The van der Waals surface area contributed by atoms with Crippen LogP contribution in [0, 0.1) is 0 Å². The number of hydrogen-bond acceptors (Lipinski definition) is 6. The quantitative estimate of drug-likeness (QED) is 0.783. The Morgan fingerprint density at radius 3 is 2.80 bits per heavy atom. The fourth-order valence-electron chi connectivity index (χ4n) is 2.59. The standard InChI is InChI=1S/C18H13NO5S/c1-22-13-4-2-3-12(9-13)19-17(20)16(25-18(19)21)8-11-5-6-14-15(7-11)24-10-23-14/h2-9H,10H2,1H3. The number of thioether (sulfide) groups is 1. The van der Waals surface area contributed by atoms with Crippen LogP contribution in [0.25, 0.3) is 6.08 Å². The van der Waals surface area contributed by atoms with Crippen LogP contribution in [-0.4, -0.2) is 25.0 Å². The molecule has 2 aliphatic heterocycles. The van der Waals surface area contributed by atoms with Crippen molar-refractivity contribution >= 4 is 34.7 Å². The highest BCUT2D eigenvalue weighted by Crippen LogP contribution is 2.38. The third-order valence-electron chi connectivity index (χ3n) is 3.80. The molecule has 126 valence electrons. The van der Waals surface area contributed by atoms with Gasteiger partial charge in [-0.05, 0) is 47.7 Å². The van der Waals surface area contributed by atoms with E-state index in [1.54, 1.807) is 42.5 Å². The number of carbonyl (C=O) groups excluding carboxylic acids is 2. The number of rotatable bonds is 3. The van der Waals surface area contributed by atoms with Gasteiger partial charge in [-0.25, -0.2) is 4.90 Å². The summed E-state index contributed by atoms with van der Waals surface area (Å²) < 4.78 is 15.8. The number of nitrogens with zero attached hydrogens (tertiary/aromatic N) is 1. The van der Waals surface area contributed by atoms with Crippen LogP contribution < -0.4 is 19.1 Å². The maximum absolute atomic E-state index is 12.7. The van der Waals surface area contributed by atoms with Crippen molar-refractivity contribution < 1.29 is 23.8 Å². The van der Waals surface area contributed by atoms with Crippen molar-refractivity contribution in [2.24, 2.45) is 0 Å². The summed E-state index contributed by atoms with van der Waals surface area (Å²) in [6.07, 6.45) is 1.67. The molecule has 0 aliphatic carbocycles. The van der Waals surface area contributed by atoms with E-state index >= 15 is 0 Å². The van der Waals surface area contributed by atoms with E-state index in [2.05, 4.69) is 0 Å². The van der Waals surface area contributed by atoms with Crippen molar-refractivity contribution in [2.75, 3.05) is 18.8 Å². The Balaban J connectivity index is 1.64. The Bertz CT molecular complexity index is 908. The summed E-state index contributed by atoms with van der Waals surface area (Å²) in [5.74, 6) is 1.51. The largest absolute Gasteiger partial charge is 0.497 e. The summed E-state index contributed by atoms with van der Waals surface area (Å²) in [6.45, 7) is 0.186. The topological polar surface area (TPSA) is 65.1 Å². The number of methoxy groups -OCH3 is 1. The van der Waals surface area contributed by atoms with Crippen molar-refractivity contribution in [3.63, 3.8) is 0 Å². The van der Waals surface area contributed by atoms with Gasteiger partial charge < -0.3 is 14.2 Å². The summed E-state index contributed by atoms with van der Waals surface area (Å²) in [7, 11) is 1.53. The molecule has 0 unspecified atom stereocenters. The van der Waals surface area contributed by atoms with Crippen LogP contribution in [0.4, 0.5) is 10.5 Å². The molecule has 1 saturated heterocycles. The first-order chi connectivity index (χ1) is 12.2. The van der Waals surface area contributed by atoms with Crippen molar-refractivity contribution in [2.45, 2.75) is 0 Å². The summed E-state index contributed by atoms with van der Waals surface area (Å²) in [5, 5.41) is -0.342. The molecule has 4 rings (SSSR count). The molecule has 25 heavy (non-hydrogen) atoms. The first kappa shape index (κ1) is 15.6. The zero-order valence-electron chi connectivity index (χ0n) is 13.2. The van der Waals surface area contributed by atoms with Gasteiger partial charge in [-0.3, -0.25) is 9.59 Å². The lowest BCUT2D eigenvalue weighted by molar-refractivity contribution is -0.113. The van der Waals surface area contributed by atoms with E-state index in [-0.39, 0.29) is 17.9 Å². The Labute approximate surface area is 148 Å². The number of anilines is 1. The van der Waals surface area contributed by atoms with Crippen LogP contribution in [-0.2, 0) is 4.79 Å². The van der Waals surface area contributed by atoms with Crippen LogP contribution in [0.15, 0.2) is 47.4 Å². The van der Waals surface area contributed by atoms with Gasteiger partial charge in [-0.2, -0.15) is 0 Å². The maximum Gasteiger partial charge on any atom is 0.298 e. The first-order valence-corrected chi connectivity index (χ1v) is 8.29. The number of benzene rings is 2. The highest BCUT2D eigenvalue weighted by Gasteiger charge is 2.36. The van der Waals surface area contributed by atoms with E-state index in [1.807, 2.05) is 6.07 Å². The summed E-state index contributed by atoms with van der Waals surface area (Å²) in [5.41, 5.74) is 1.25. The molecule has 0 radical (unpaired) electrons. The lowest BCUT2D eigenvalue weighted by Crippen LogP contribution is -2.27. The van der Waals surface area contributed by atoms with Gasteiger partial charge in [-0.15, -0.1) is 0 Å². The van der Waals surface area contributed by atoms with Crippen LogP contribution in [0.3, 0.4) is 0 Å². The van der Waals surface area contributed by atoms with Gasteiger partial charge in [-0.1, -0.05) is 12.1 Å². The average molecular weight is 355 g/mol. The summed E-state index contributed by atoms with van der Waals surface area (Å²) >= 11 is 0.904. The zero-order chi connectivity index (χ0) is 17.4. The molecule has 2 heterocycles. The Hall–Kier alpha value is -2.93. The number of imide groups is 1. The van der Waals surface area contributed by atoms with Gasteiger partial charge in [0.2, 0.25) is 6.79 Å². The monoisotopic (exact) mass is 355 g/mol. The molecule has 0 atom stereocenters. The lowest BCUT2D eigenvalue weighted by atomic mass is 10.2. The van der Waals surface area contributed by atoms with E-state index in [4.69, 9.17) is 14.2 Å². The molecule has 2 aromatic carbocycles. The molecule has 0 aromatic heterocycles. The van der Waals surface area contributed by atoms with Crippen LogP contribution in [0.5, 0.6) is 17.2 Å². The fourth-order valence-corrected chi connectivity index (χ4v) is 3.44. The summed E-state index contributed by atoms with van der Waals surface area (Å²) in [6, 6.07) is 12.2. The van der Waals surface area contributed by atoms with Gasteiger partial charge in [0.25, 0.3) is 11.1 Å². The van der Waals surface area contributed by atoms with Crippen molar-refractivity contribution in [3.05, 3.63) is 52.9 Å². The van der Waals surface area contributed by atoms with Gasteiger partial charge in [0.05, 0.1) is 17.7 Å². The van der Waals surface area contributed by atoms with Crippen molar-refractivity contribution in [1.29, 1.82) is 0 Å². The highest BCUT2D eigenvalue weighted by molar-refractivity contribution is 8.19. The molecule has 0 N–H and O–H groups in total. The van der Waals surface area contributed by atoms with E-state index in [1.165, 1.54) is 7.11 Å². The second-order valence-electron chi connectivity index (χ2n) is 5.33. The van der Waals surface area contributed by atoms with Crippen molar-refractivity contribution in [1.82, 2.24) is 0 Å². The Kier molecular flexibility index (Phi) is 3.85. The molecule has 7 heteroatoms. The second kappa shape index (κ2) is 6.18. The first-order valence-electron chi connectivity index (χ1n) is 7.47. The molecule has 2 aromatic rings. The molecular weight excluding hydrogens is 342 g/mol. The molecule has 2 aliphatic rings. The number of carbonyl (C=O) groups is 2. The number of hydrogen-bond donors (Lipinski definition) is 0. The predicted molar refractivity (Wildman–Crippen MR) is 94.0 cm³/mol. The molecule has 0 bridgehead atoms. The second-order valence-corrected chi connectivity index (χ2v) is 6.32. The Morgan fingerprint density at radius 1 is 1.12 bits per heavy atom. The molecule has 2 amide bonds. The van der Waals surface area contributed by atoms with E-state index in [0.717, 1.165) is 22.2 Å². The van der Waals surface area contributed by atoms with Gasteiger partial charge in [0, 0.05) is 6.07 Å². The fraction of sp³-hybridized carbons (Fsp3) is 0.111. The Morgan fingerprint density at radius 2 is 1.96 bits per heavy atom. The summed E-state index contributed by atoms with van der Waals surface area (Å²) in [4.78, 5) is 26.5. The zero-order valence-corrected chi connectivity index (χ0v) is 14.0. The SMILES string of the molecule is COc1cccc(N2C(=O)SC(=Cc3ccc4c(c3)OCO4)C2=O)c1. The number of ether oxygens (including phenoxy) is 3. The minimum Gasteiger partial charge on any atom is -0.497 e. The third-order valence-corrected chi connectivity index (χ3v) is 4.67. The molecule has 1 fully saturated rings. The van der Waals surface area contributed by atoms with Gasteiger partial charge in [0.1, 0.15) is 5.75 Å². The van der Waals surface area contributed by atoms with Crippen LogP contribution in [0.2, 0.25) is 0 Å². The smallest absolute Gasteiger partial charge is 0.298 e. The van der Waals surface area contributed by atoms with Crippen LogP contribution >= 0.6 is 11.8 Å². The lowest BCUT2D eigenvalue weighted by Gasteiger charge is -2.13. The molecule has 0 spiro atoms. The average Bonchev–Trinajstić information content (AvgIpc) is 3.19. The van der Waals surface area contributed by atoms with Gasteiger partial charge >= 0.3 is 0 Å². The van der Waals surface area contributed by atoms with E-state index < -0.39 is 0 Å². The number of amides is 2. The molecule has 0 saturated carbocycles. The minimum absolute atomic E-state index is 0.186. The highest BCUT2D eigenvalue weighted by atomic mass is 32.2. The molecular formula is C18H13NO5S. The predicted octanol–water partition coefficient (Wildman–Crippen LogP) is 3.66. The molecule has 6 nitrogen and oxygen atoms in total. The van der Waals surface area contributed by atoms with Crippen molar-refractivity contribution in [3.8, 4) is 17.2 Å². The third kappa shape index (κ3) is 2.83. The minimum atomic E-state index is -0.360.